The molecular formula is C29H39FN2O2. The maximum atomic E-state index is 13.6. The predicted molar refractivity (Wildman–Crippen MR) is 131 cm³/mol. The van der Waals surface area contributed by atoms with Gasteiger partial charge < -0.3 is 5.11 Å². The monoisotopic (exact) mass is 466 g/mol. The Labute approximate surface area is 202 Å². The fourth-order valence-electron chi connectivity index (χ4n) is 9.40. The maximum absolute atomic E-state index is 13.6. The lowest BCUT2D eigenvalue weighted by Gasteiger charge is -2.61. The van der Waals surface area contributed by atoms with Gasteiger partial charge in [-0.1, -0.05) is 13.8 Å². The Hall–Kier alpha value is -1.75. The van der Waals surface area contributed by atoms with Gasteiger partial charge in [-0.05, 0) is 117 Å². The zero-order valence-electron chi connectivity index (χ0n) is 20.9. The first kappa shape index (κ1) is 22.7. The first-order chi connectivity index (χ1) is 16.1. The first-order valence-corrected chi connectivity index (χ1v) is 13.5. The molecule has 6 rings (SSSR count). The minimum atomic E-state index is -0.493. The molecule has 8 atom stereocenters. The molecule has 4 aliphatic carbocycles. The second-order valence-corrected chi connectivity index (χ2v) is 13.0. The molecular weight excluding hydrogens is 427 g/mol. The molecule has 0 amide bonds. The van der Waals surface area contributed by atoms with E-state index in [1.807, 2.05) is 6.92 Å². The number of aromatic nitrogens is 2. The van der Waals surface area contributed by atoms with E-state index in [0.29, 0.717) is 29.0 Å². The van der Waals surface area contributed by atoms with Gasteiger partial charge >= 0.3 is 0 Å². The van der Waals surface area contributed by atoms with Crippen molar-refractivity contribution in [2.75, 3.05) is 0 Å². The number of nitrogens with zero attached hydrogens (tertiary/aromatic N) is 2. The maximum Gasteiger partial charge on any atom is 0.157 e. The van der Waals surface area contributed by atoms with Gasteiger partial charge in [-0.25, -0.2) is 4.39 Å². The van der Waals surface area contributed by atoms with E-state index in [-0.39, 0.29) is 23.7 Å². The summed E-state index contributed by atoms with van der Waals surface area (Å²) in [5.41, 5.74) is 0.764. The average Bonchev–Trinajstić information content (AvgIpc) is 3.34. The number of carbonyl (C=O) groups excluding carboxylic acids is 1. The normalized spacial score (nSPS) is 43.9. The van der Waals surface area contributed by atoms with Gasteiger partial charge in [-0.3, -0.25) is 9.48 Å². The lowest BCUT2D eigenvalue weighted by Crippen LogP contribution is -2.55. The molecule has 0 radical (unpaired) electrons. The molecule has 4 nitrogen and oxygen atoms in total. The van der Waals surface area contributed by atoms with Crippen LogP contribution < -0.4 is 0 Å². The summed E-state index contributed by atoms with van der Waals surface area (Å²) in [6, 6.07) is 4.66. The largest absolute Gasteiger partial charge is 0.390 e. The molecule has 4 aliphatic rings. The summed E-state index contributed by atoms with van der Waals surface area (Å²) in [6.07, 6.45) is 11.7. The molecule has 1 aromatic carbocycles. The van der Waals surface area contributed by atoms with E-state index in [2.05, 4.69) is 18.9 Å². The third kappa shape index (κ3) is 3.32. The Bertz CT molecular complexity index is 1120. The van der Waals surface area contributed by atoms with E-state index in [9.17, 15) is 14.3 Å². The number of rotatable bonds is 3. The molecule has 1 aromatic heterocycles. The number of halogens is 1. The van der Waals surface area contributed by atoms with Crippen LogP contribution in [-0.4, -0.2) is 26.3 Å². The molecule has 0 saturated heterocycles. The van der Waals surface area contributed by atoms with Crippen LogP contribution >= 0.6 is 0 Å². The van der Waals surface area contributed by atoms with Crippen LogP contribution in [0.4, 0.5) is 4.39 Å². The van der Waals surface area contributed by atoms with Gasteiger partial charge in [0.05, 0.1) is 17.3 Å². The van der Waals surface area contributed by atoms with E-state index >= 15 is 0 Å². The highest BCUT2D eigenvalue weighted by atomic mass is 19.1. The summed E-state index contributed by atoms with van der Waals surface area (Å²) < 4.78 is 15.3. The Kier molecular flexibility index (Phi) is 5.09. The van der Waals surface area contributed by atoms with Crippen LogP contribution in [0.2, 0.25) is 0 Å². The van der Waals surface area contributed by atoms with E-state index in [1.165, 1.54) is 31.4 Å². The fraction of sp³-hybridized carbons (Fsp3) is 0.724. The van der Waals surface area contributed by atoms with Crippen molar-refractivity contribution in [1.29, 1.82) is 0 Å². The van der Waals surface area contributed by atoms with Crippen molar-refractivity contribution >= 4 is 16.7 Å². The molecule has 2 aromatic rings. The van der Waals surface area contributed by atoms with Crippen molar-refractivity contribution < 1.29 is 14.3 Å². The number of benzene rings is 1. The zero-order valence-corrected chi connectivity index (χ0v) is 20.9. The Morgan fingerprint density at radius 1 is 1.06 bits per heavy atom. The van der Waals surface area contributed by atoms with E-state index in [1.54, 1.807) is 16.9 Å². The Morgan fingerprint density at radius 2 is 1.85 bits per heavy atom. The molecule has 34 heavy (non-hydrogen) atoms. The molecule has 0 spiro atoms. The molecule has 0 unspecified atom stereocenters. The second-order valence-electron chi connectivity index (χ2n) is 13.0. The molecule has 5 heteroatoms. The fourth-order valence-corrected chi connectivity index (χ4v) is 9.40. The van der Waals surface area contributed by atoms with Crippen LogP contribution in [0.25, 0.3) is 10.9 Å². The van der Waals surface area contributed by atoms with E-state index < -0.39 is 5.60 Å². The molecule has 1 heterocycles. The SMILES string of the molecule is C[C@@]1(O)CC[C@@]2(C)[C@H](CC[C@@H]3[C@@H]2CC[C@]2(C)[C@@H](C(=O)Cn4ncc5cc(F)ccc54)CC[C@@H]32)C1. The highest BCUT2D eigenvalue weighted by Crippen LogP contribution is 2.68. The number of carbonyl (C=O) groups is 1. The number of hydrogen-bond donors (Lipinski definition) is 1. The van der Waals surface area contributed by atoms with Gasteiger partial charge in [0, 0.05) is 11.3 Å². The molecule has 0 aliphatic heterocycles. The van der Waals surface area contributed by atoms with Gasteiger partial charge in [0.15, 0.2) is 5.78 Å². The van der Waals surface area contributed by atoms with Crippen molar-refractivity contribution in [1.82, 2.24) is 9.78 Å². The lowest BCUT2D eigenvalue weighted by molar-refractivity contribution is -0.151. The average molecular weight is 467 g/mol. The summed E-state index contributed by atoms with van der Waals surface area (Å²) in [6.45, 7) is 7.24. The van der Waals surface area contributed by atoms with Crippen molar-refractivity contribution in [2.24, 2.45) is 40.4 Å². The van der Waals surface area contributed by atoms with Crippen LogP contribution in [0, 0.1) is 46.2 Å². The molecule has 4 fully saturated rings. The van der Waals surface area contributed by atoms with E-state index in [4.69, 9.17) is 0 Å². The van der Waals surface area contributed by atoms with Gasteiger partial charge in [-0.15, -0.1) is 0 Å². The van der Waals surface area contributed by atoms with Crippen molar-refractivity contribution in [3.8, 4) is 0 Å². The summed E-state index contributed by atoms with van der Waals surface area (Å²) in [5, 5.41) is 15.9. The molecule has 4 saturated carbocycles. The third-order valence-electron chi connectivity index (χ3n) is 11.3. The summed E-state index contributed by atoms with van der Waals surface area (Å²) in [4.78, 5) is 13.6. The number of fused-ring (bicyclic) bond motifs is 6. The van der Waals surface area contributed by atoms with Crippen molar-refractivity contribution in [3.05, 3.63) is 30.2 Å². The van der Waals surface area contributed by atoms with Gasteiger partial charge in [0.2, 0.25) is 0 Å². The Balaban J connectivity index is 1.21. The van der Waals surface area contributed by atoms with Crippen molar-refractivity contribution in [3.63, 3.8) is 0 Å². The number of hydrogen-bond acceptors (Lipinski definition) is 3. The number of Topliss-reactive ketones (excluding diaryl/α,β-unsaturated/α-hetero) is 1. The van der Waals surface area contributed by atoms with Gasteiger partial charge in [-0.2, -0.15) is 5.10 Å². The minimum Gasteiger partial charge on any atom is -0.390 e. The third-order valence-corrected chi connectivity index (χ3v) is 11.3. The van der Waals surface area contributed by atoms with E-state index in [0.717, 1.165) is 55.3 Å². The standard InChI is InChI=1S/C29H39FN2O2/c1-27(34)12-13-28(2)19(15-27)4-6-21-22-7-8-24(29(22,3)11-10-23(21)28)26(33)17-32-25-9-5-20(30)14-18(25)16-31-32/h5,9,14,16,19,21-24,34H,4,6-8,10-13,15,17H2,1-3H3/t19-,21+,22+,23+,24-,27-,28+,29+/m1/s1. The second kappa shape index (κ2) is 7.62. The van der Waals surface area contributed by atoms with Gasteiger partial charge in [0.1, 0.15) is 12.4 Å². The lowest BCUT2D eigenvalue weighted by atomic mass is 9.44. The summed E-state index contributed by atoms with van der Waals surface area (Å²) in [7, 11) is 0. The van der Waals surface area contributed by atoms with Crippen LogP contribution in [0.3, 0.4) is 0 Å². The number of aliphatic hydroxyl groups is 1. The van der Waals surface area contributed by atoms with Crippen LogP contribution in [0.15, 0.2) is 24.4 Å². The quantitative estimate of drug-likeness (QED) is 0.590. The zero-order chi connectivity index (χ0) is 23.9. The highest BCUT2D eigenvalue weighted by molar-refractivity contribution is 5.85. The minimum absolute atomic E-state index is 0.0800. The topological polar surface area (TPSA) is 55.1 Å². The molecule has 0 bridgehead atoms. The van der Waals surface area contributed by atoms with Crippen LogP contribution in [0.1, 0.15) is 78.6 Å². The van der Waals surface area contributed by atoms with Crippen LogP contribution in [-0.2, 0) is 11.3 Å². The Morgan fingerprint density at radius 3 is 2.68 bits per heavy atom. The summed E-state index contributed by atoms with van der Waals surface area (Å²) in [5.74, 6) is 2.84. The smallest absolute Gasteiger partial charge is 0.157 e. The van der Waals surface area contributed by atoms with Gasteiger partial charge in [0.25, 0.3) is 0 Å². The predicted octanol–water partition coefficient (Wildman–Crippen LogP) is 6.15. The molecule has 184 valence electrons. The van der Waals surface area contributed by atoms with Crippen molar-refractivity contribution in [2.45, 2.75) is 90.7 Å². The number of ketones is 1. The summed E-state index contributed by atoms with van der Waals surface area (Å²) >= 11 is 0. The molecule has 1 N–H and O–H groups in total. The first-order valence-electron chi connectivity index (χ1n) is 13.5. The van der Waals surface area contributed by atoms with Crippen LogP contribution in [0.5, 0.6) is 0 Å². The highest BCUT2D eigenvalue weighted by Gasteiger charge is 2.61.